The summed E-state index contributed by atoms with van der Waals surface area (Å²) in [7, 11) is 0. The normalized spacial score (nSPS) is 20.0. The maximum Gasteiger partial charge on any atom is 0.287 e. The molecule has 0 aromatic carbocycles. The number of nitrogens with one attached hydrogen (secondary N) is 1. The quantitative estimate of drug-likeness (QED) is 0.421. The number of ether oxygens (including phenoxy) is 1. The maximum atomic E-state index is 11.2. The van der Waals surface area contributed by atoms with Crippen LogP contribution in [0.15, 0.2) is 34.2 Å². The van der Waals surface area contributed by atoms with Crippen LogP contribution in [0.25, 0.3) is 0 Å². The van der Waals surface area contributed by atoms with E-state index in [1.54, 1.807) is 6.92 Å². The molecule has 0 radical (unpaired) electrons. The largest absolute Gasteiger partial charge is 0.388 e. The Morgan fingerprint density at radius 1 is 1.39 bits per heavy atom. The van der Waals surface area contributed by atoms with Crippen molar-refractivity contribution in [2.24, 2.45) is 0 Å². The van der Waals surface area contributed by atoms with Gasteiger partial charge in [0.15, 0.2) is 0 Å². The second kappa shape index (κ2) is 9.05. The van der Waals surface area contributed by atoms with E-state index in [-0.39, 0.29) is 12.2 Å². The van der Waals surface area contributed by atoms with Crippen LogP contribution in [0.3, 0.4) is 0 Å². The number of rotatable bonds is 7. The van der Waals surface area contributed by atoms with Gasteiger partial charge in [-0.25, -0.2) is 0 Å². The number of hydrogen-bond acceptors (Lipinski definition) is 5. The first-order valence-electron chi connectivity index (χ1n) is 7.71. The minimum atomic E-state index is -0.888. The average molecular weight is 345 g/mol. The zero-order valence-corrected chi connectivity index (χ0v) is 14.7. The summed E-state index contributed by atoms with van der Waals surface area (Å²) >= 11 is 6.08. The third kappa shape index (κ3) is 6.33. The van der Waals surface area contributed by atoms with Gasteiger partial charge in [-0.05, 0) is 26.3 Å². The van der Waals surface area contributed by atoms with Gasteiger partial charge in [-0.3, -0.25) is 10.1 Å². The van der Waals surface area contributed by atoms with E-state index in [4.69, 9.17) is 16.3 Å². The van der Waals surface area contributed by atoms with Crippen LogP contribution in [0.2, 0.25) is 0 Å². The number of halogens is 1. The number of nitro groups is 1. The molecule has 0 spiro atoms. The van der Waals surface area contributed by atoms with E-state index >= 15 is 0 Å². The van der Waals surface area contributed by atoms with Gasteiger partial charge in [-0.15, -0.1) is 0 Å². The monoisotopic (exact) mass is 344 g/mol. The zero-order valence-electron chi connectivity index (χ0n) is 13.9. The van der Waals surface area contributed by atoms with Crippen LogP contribution in [-0.4, -0.2) is 35.4 Å². The highest BCUT2D eigenvalue weighted by Gasteiger charge is 2.30. The minimum absolute atomic E-state index is 0.0669. The molecule has 1 heterocycles. The van der Waals surface area contributed by atoms with Crippen molar-refractivity contribution >= 4 is 11.6 Å². The fourth-order valence-corrected chi connectivity index (χ4v) is 2.30. The summed E-state index contributed by atoms with van der Waals surface area (Å²) in [4.78, 5) is 10.8. The van der Waals surface area contributed by atoms with Crippen molar-refractivity contribution in [3.05, 3.63) is 44.3 Å². The fourth-order valence-electron chi connectivity index (χ4n) is 2.10. The molecule has 1 aliphatic rings. The summed E-state index contributed by atoms with van der Waals surface area (Å²) in [5.74, 6) is 0. The van der Waals surface area contributed by atoms with Gasteiger partial charge in [0.05, 0.1) is 16.2 Å². The van der Waals surface area contributed by atoms with Gasteiger partial charge in [0.25, 0.3) is 5.70 Å². The summed E-state index contributed by atoms with van der Waals surface area (Å²) in [6.45, 7) is 6.73. The molecule has 0 bridgehead atoms. The number of nitrogens with zero attached hydrogens (tertiary/aromatic N) is 1. The van der Waals surface area contributed by atoms with E-state index in [1.165, 1.54) is 12.2 Å². The molecule has 0 saturated carbocycles. The van der Waals surface area contributed by atoms with Crippen LogP contribution in [0, 0.1) is 10.1 Å². The Labute approximate surface area is 142 Å². The maximum absolute atomic E-state index is 11.2. The highest BCUT2D eigenvalue weighted by atomic mass is 35.5. The predicted molar refractivity (Wildman–Crippen MR) is 90.7 cm³/mol. The summed E-state index contributed by atoms with van der Waals surface area (Å²) in [6, 6.07) is 0. The van der Waals surface area contributed by atoms with E-state index in [0.29, 0.717) is 36.8 Å². The van der Waals surface area contributed by atoms with Crippen molar-refractivity contribution in [3.8, 4) is 0 Å². The van der Waals surface area contributed by atoms with Crippen molar-refractivity contribution in [2.75, 3.05) is 19.8 Å². The highest BCUT2D eigenvalue weighted by Crippen LogP contribution is 2.20. The Morgan fingerprint density at radius 2 is 2.00 bits per heavy atom. The van der Waals surface area contributed by atoms with Crippen LogP contribution >= 0.6 is 11.6 Å². The zero-order chi connectivity index (χ0) is 17.5. The molecular formula is C16H25ClN2O4. The second-order valence-electron chi connectivity index (χ2n) is 5.77. The summed E-state index contributed by atoms with van der Waals surface area (Å²) in [6.07, 6.45) is 4.74. The number of hydrogen-bond donors (Lipinski definition) is 2. The van der Waals surface area contributed by atoms with Gasteiger partial charge in [-0.2, -0.15) is 0 Å². The smallest absolute Gasteiger partial charge is 0.287 e. The molecule has 0 atom stereocenters. The molecule has 0 aromatic heterocycles. The van der Waals surface area contributed by atoms with Gasteiger partial charge in [0.2, 0.25) is 0 Å². The Morgan fingerprint density at radius 3 is 2.52 bits per heavy atom. The Hall–Kier alpha value is -1.37. The standard InChI is InChI=1S/C16H25ClN2O4/c1-4-12(2)14(17)5-6-15(19(21)22)13(3)18-11-16(20)7-9-23-10-8-16/h5-6,18,20H,4,7-11H2,1-3H3/b6-5-,14-12-,15-13-. The van der Waals surface area contributed by atoms with Gasteiger partial charge in [0.1, 0.15) is 0 Å². The summed E-state index contributed by atoms with van der Waals surface area (Å²) in [5, 5.41) is 25.1. The van der Waals surface area contributed by atoms with E-state index in [1.807, 2.05) is 13.8 Å². The molecule has 0 amide bonds. The lowest BCUT2D eigenvalue weighted by Crippen LogP contribution is -2.44. The third-order valence-corrected chi connectivity index (χ3v) is 4.46. The first-order valence-corrected chi connectivity index (χ1v) is 8.09. The molecule has 1 fully saturated rings. The Kier molecular flexibility index (Phi) is 7.75. The first kappa shape index (κ1) is 19.7. The van der Waals surface area contributed by atoms with E-state index in [2.05, 4.69) is 5.32 Å². The van der Waals surface area contributed by atoms with E-state index in [0.717, 1.165) is 12.0 Å². The molecule has 1 saturated heterocycles. The SMILES string of the molecule is CC/C(C)=C(Cl)/C=C\C(=C(/C)NCC1(O)CCOCC1)[N+](=O)[O-]. The molecule has 0 unspecified atom stereocenters. The van der Waals surface area contributed by atoms with Crippen molar-refractivity contribution in [1.29, 1.82) is 0 Å². The van der Waals surface area contributed by atoms with Crippen molar-refractivity contribution in [1.82, 2.24) is 5.32 Å². The molecule has 7 heteroatoms. The molecule has 2 N–H and O–H groups in total. The van der Waals surface area contributed by atoms with Crippen LogP contribution < -0.4 is 5.32 Å². The summed E-state index contributed by atoms with van der Waals surface area (Å²) in [5.41, 5.74) is 0.404. The lowest BCUT2D eigenvalue weighted by atomic mass is 9.94. The topological polar surface area (TPSA) is 84.6 Å². The van der Waals surface area contributed by atoms with Crippen molar-refractivity contribution in [2.45, 2.75) is 45.6 Å². The molecule has 0 aliphatic carbocycles. The van der Waals surface area contributed by atoms with Gasteiger partial charge < -0.3 is 15.2 Å². The molecule has 23 heavy (non-hydrogen) atoms. The lowest BCUT2D eigenvalue weighted by molar-refractivity contribution is -0.420. The van der Waals surface area contributed by atoms with Crippen LogP contribution in [0.4, 0.5) is 0 Å². The van der Waals surface area contributed by atoms with Gasteiger partial charge in [0, 0.05) is 43.7 Å². The molecule has 0 aromatic rings. The highest BCUT2D eigenvalue weighted by molar-refractivity contribution is 6.31. The van der Waals surface area contributed by atoms with E-state index in [9.17, 15) is 15.2 Å². The predicted octanol–water partition coefficient (Wildman–Crippen LogP) is 3.10. The lowest BCUT2D eigenvalue weighted by Gasteiger charge is -2.32. The van der Waals surface area contributed by atoms with Crippen LogP contribution in [0.1, 0.15) is 40.0 Å². The van der Waals surface area contributed by atoms with E-state index < -0.39 is 10.5 Å². The number of aliphatic hydroxyl groups is 1. The van der Waals surface area contributed by atoms with Crippen molar-refractivity contribution in [3.63, 3.8) is 0 Å². The van der Waals surface area contributed by atoms with Crippen LogP contribution in [0.5, 0.6) is 0 Å². The molecule has 1 aliphatic heterocycles. The van der Waals surface area contributed by atoms with Crippen LogP contribution in [-0.2, 0) is 4.74 Å². The summed E-state index contributed by atoms with van der Waals surface area (Å²) < 4.78 is 5.22. The Bertz CT molecular complexity index is 520. The third-order valence-electron chi connectivity index (χ3n) is 4.01. The second-order valence-corrected chi connectivity index (χ2v) is 6.18. The first-order chi connectivity index (χ1) is 10.8. The molecule has 1 rings (SSSR count). The molecule has 6 nitrogen and oxygen atoms in total. The fraction of sp³-hybridized carbons (Fsp3) is 0.625. The van der Waals surface area contributed by atoms with Gasteiger partial charge in [-0.1, -0.05) is 24.1 Å². The number of allylic oxidation sites excluding steroid dienone is 5. The van der Waals surface area contributed by atoms with Gasteiger partial charge >= 0.3 is 0 Å². The minimum Gasteiger partial charge on any atom is -0.388 e. The average Bonchev–Trinajstić information content (AvgIpc) is 2.52. The molecular weight excluding hydrogens is 320 g/mol. The molecule has 130 valence electrons. The Balaban J connectivity index is 2.83. The van der Waals surface area contributed by atoms with Crippen molar-refractivity contribution < 1.29 is 14.8 Å².